The summed E-state index contributed by atoms with van der Waals surface area (Å²) < 4.78 is 11.2. The lowest BCUT2D eigenvalue weighted by Crippen LogP contribution is -2.12. The molecule has 0 saturated heterocycles. The van der Waals surface area contributed by atoms with E-state index in [-0.39, 0.29) is 0 Å². The van der Waals surface area contributed by atoms with Gasteiger partial charge in [-0.1, -0.05) is 41.9 Å². The Hall–Kier alpha value is -1.97. The van der Waals surface area contributed by atoms with Crippen LogP contribution in [0.2, 0.25) is 5.02 Å². The van der Waals surface area contributed by atoms with Crippen LogP contribution in [-0.4, -0.2) is 13.7 Å². The molecule has 0 fully saturated rings. The van der Waals surface area contributed by atoms with Crippen molar-refractivity contribution in [2.24, 2.45) is 0 Å². The molecule has 0 aliphatic carbocycles. The van der Waals surface area contributed by atoms with E-state index in [4.69, 9.17) is 21.1 Å². The second-order valence-electron chi connectivity index (χ2n) is 4.78. The van der Waals surface area contributed by atoms with Gasteiger partial charge in [0.2, 0.25) is 0 Å². The fraction of sp³-hybridized carbons (Fsp3) is 0.222. The molecular weight excluding hydrogens is 298 g/mol. The molecule has 2 aromatic carbocycles. The van der Waals surface area contributed by atoms with Crippen LogP contribution in [0.4, 0.5) is 0 Å². The van der Waals surface area contributed by atoms with Gasteiger partial charge in [-0.2, -0.15) is 0 Å². The molecule has 0 atom stereocenters. The zero-order valence-corrected chi connectivity index (χ0v) is 13.4. The van der Waals surface area contributed by atoms with E-state index in [1.807, 2.05) is 48.5 Å². The van der Waals surface area contributed by atoms with Gasteiger partial charge < -0.3 is 14.8 Å². The predicted molar refractivity (Wildman–Crippen MR) is 90.7 cm³/mol. The molecule has 0 heterocycles. The summed E-state index contributed by atoms with van der Waals surface area (Å²) in [6.07, 6.45) is 1.83. The van der Waals surface area contributed by atoms with Crippen molar-refractivity contribution in [2.75, 3.05) is 13.7 Å². The second kappa shape index (κ2) is 8.47. The monoisotopic (exact) mass is 317 g/mol. The largest absolute Gasteiger partial charge is 0.493 e. The number of hydrogen-bond acceptors (Lipinski definition) is 3. The second-order valence-corrected chi connectivity index (χ2v) is 5.19. The van der Waals surface area contributed by atoms with Crippen LogP contribution in [0.3, 0.4) is 0 Å². The molecule has 2 aromatic rings. The fourth-order valence-electron chi connectivity index (χ4n) is 2.03. The van der Waals surface area contributed by atoms with Crippen LogP contribution >= 0.6 is 11.6 Å². The van der Waals surface area contributed by atoms with Crippen LogP contribution in [0.1, 0.15) is 11.1 Å². The highest BCUT2D eigenvalue weighted by molar-refractivity contribution is 6.31. The Labute approximate surface area is 136 Å². The minimum absolute atomic E-state index is 0.407. The number of methoxy groups -OCH3 is 1. The van der Waals surface area contributed by atoms with Gasteiger partial charge in [0.05, 0.1) is 7.11 Å². The van der Waals surface area contributed by atoms with E-state index in [2.05, 4.69) is 11.9 Å². The molecule has 0 amide bonds. The van der Waals surface area contributed by atoms with Crippen molar-refractivity contribution in [2.45, 2.75) is 13.2 Å². The standard InChI is InChI=1S/C18H20ClNO2/c1-3-10-20-12-14-8-9-17(18(11-14)21-2)22-13-15-6-4-5-7-16(15)19/h3-9,11,20H,1,10,12-13H2,2H3. The Balaban J connectivity index is 2.04. The minimum atomic E-state index is 0.407. The lowest BCUT2D eigenvalue weighted by atomic mass is 10.2. The van der Waals surface area contributed by atoms with Gasteiger partial charge in [-0.25, -0.2) is 0 Å². The molecular formula is C18H20ClNO2. The minimum Gasteiger partial charge on any atom is -0.493 e. The van der Waals surface area contributed by atoms with Gasteiger partial charge in [-0.3, -0.25) is 0 Å². The normalized spacial score (nSPS) is 10.3. The van der Waals surface area contributed by atoms with Crippen LogP contribution in [0.25, 0.3) is 0 Å². The van der Waals surface area contributed by atoms with Crippen molar-refractivity contribution in [3.8, 4) is 11.5 Å². The third kappa shape index (κ3) is 4.52. The number of rotatable bonds is 8. The maximum atomic E-state index is 6.13. The fourth-order valence-corrected chi connectivity index (χ4v) is 2.22. The van der Waals surface area contributed by atoms with Gasteiger partial charge in [-0.05, 0) is 23.8 Å². The van der Waals surface area contributed by atoms with E-state index in [1.54, 1.807) is 7.11 Å². The van der Waals surface area contributed by atoms with Crippen LogP contribution < -0.4 is 14.8 Å². The molecule has 0 aromatic heterocycles. The molecule has 0 unspecified atom stereocenters. The molecule has 0 aliphatic rings. The number of ether oxygens (including phenoxy) is 2. The lowest BCUT2D eigenvalue weighted by Gasteiger charge is -2.13. The maximum absolute atomic E-state index is 6.13. The highest BCUT2D eigenvalue weighted by Gasteiger charge is 2.07. The Morgan fingerprint density at radius 1 is 1.18 bits per heavy atom. The molecule has 3 nitrogen and oxygen atoms in total. The van der Waals surface area contributed by atoms with Gasteiger partial charge >= 0.3 is 0 Å². The molecule has 0 radical (unpaired) electrons. The van der Waals surface area contributed by atoms with E-state index in [0.29, 0.717) is 23.1 Å². The smallest absolute Gasteiger partial charge is 0.161 e. The van der Waals surface area contributed by atoms with Gasteiger partial charge in [0.15, 0.2) is 11.5 Å². The van der Waals surface area contributed by atoms with Crippen LogP contribution in [-0.2, 0) is 13.2 Å². The zero-order valence-electron chi connectivity index (χ0n) is 12.6. The predicted octanol–water partition coefficient (Wildman–Crippen LogP) is 4.20. The lowest BCUT2D eigenvalue weighted by molar-refractivity contribution is 0.284. The maximum Gasteiger partial charge on any atom is 0.161 e. The first kappa shape index (κ1) is 16.4. The average molecular weight is 318 g/mol. The van der Waals surface area contributed by atoms with E-state index in [9.17, 15) is 0 Å². The van der Waals surface area contributed by atoms with Gasteiger partial charge in [0.25, 0.3) is 0 Å². The average Bonchev–Trinajstić information content (AvgIpc) is 2.55. The van der Waals surface area contributed by atoms with E-state index in [1.165, 1.54) is 0 Å². The molecule has 0 aliphatic heterocycles. The van der Waals surface area contributed by atoms with E-state index in [0.717, 1.165) is 24.2 Å². The first-order valence-corrected chi connectivity index (χ1v) is 7.47. The van der Waals surface area contributed by atoms with Crippen molar-refractivity contribution in [3.05, 3.63) is 71.3 Å². The summed E-state index contributed by atoms with van der Waals surface area (Å²) in [6, 6.07) is 13.5. The van der Waals surface area contributed by atoms with Crippen LogP contribution in [0.15, 0.2) is 55.1 Å². The first-order valence-electron chi connectivity index (χ1n) is 7.09. The first-order chi connectivity index (χ1) is 10.7. The quantitative estimate of drug-likeness (QED) is 0.584. The van der Waals surface area contributed by atoms with Crippen molar-refractivity contribution in [1.29, 1.82) is 0 Å². The van der Waals surface area contributed by atoms with Crippen molar-refractivity contribution in [1.82, 2.24) is 5.32 Å². The van der Waals surface area contributed by atoms with Gasteiger partial charge in [-0.15, -0.1) is 6.58 Å². The molecule has 2 rings (SSSR count). The summed E-state index contributed by atoms with van der Waals surface area (Å²) in [5, 5.41) is 3.96. The van der Waals surface area contributed by atoms with Crippen molar-refractivity contribution < 1.29 is 9.47 Å². The van der Waals surface area contributed by atoms with Gasteiger partial charge in [0, 0.05) is 23.7 Å². The Bertz CT molecular complexity index is 628. The van der Waals surface area contributed by atoms with E-state index < -0.39 is 0 Å². The van der Waals surface area contributed by atoms with Crippen LogP contribution in [0.5, 0.6) is 11.5 Å². The molecule has 0 saturated carbocycles. The van der Waals surface area contributed by atoms with Gasteiger partial charge in [0.1, 0.15) is 6.61 Å². The Kier molecular flexibility index (Phi) is 6.31. The molecule has 22 heavy (non-hydrogen) atoms. The summed E-state index contributed by atoms with van der Waals surface area (Å²) in [5.74, 6) is 1.42. The summed E-state index contributed by atoms with van der Waals surface area (Å²) in [7, 11) is 1.64. The van der Waals surface area contributed by atoms with Crippen molar-refractivity contribution in [3.63, 3.8) is 0 Å². The Morgan fingerprint density at radius 3 is 2.73 bits per heavy atom. The van der Waals surface area contributed by atoms with Crippen molar-refractivity contribution >= 4 is 11.6 Å². The SMILES string of the molecule is C=CCNCc1ccc(OCc2ccccc2Cl)c(OC)c1. The Morgan fingerprint density at radius 2 is 2.00 bits per heavy atom. The topological polar surface area (TPSA) is 30.5 Å². The molecule has 0 bridgehead atoms. The summed E-state index contributed by atoms with van der Waals surface area (Å²) >= 11 is 6.13. The van der Waals surface area contributed by atoms with E-state index >= 15 is 0 Å². The number of benzene rings is 2. The van der Waals surface area contributed by atoms with Crippen LogP contribution in [0, 0.1) is 0 Å². The molecule has 4 heteroatoms. The summed E-state index contributed by atoms with van der Waals surface area (Å²) in [4.78, 5) is 0. The number of nitrogens with one attached hydrogen (secondary N) is 1. The summed E-state index contributed by atoms with van der Waals surface area (Å²) in [6.45, 7) is 5.62. The number of hydrogen-bond donors (Lipinski definition) is 1. The number of halogens is 1. The third-order valence-corrected chi connectivity index (χ3v) is 3.56. The highest BCUT2D eigenvalue weighted by Crippen LogP contribution is 2.29. The molecule has 1 N–H and O–H groups in total. The molecule has 0 spiro atoms. The summed E-state index contributed by atoms with van der Waals surface area (Å²) in [5.41, 5.74) is 2.08. The molecule has 116 valence electrons. The zero-order chi connectivity index (χ0) is 15.8. The third-order valence-electron chi connectivity index (χ3n) is 3.19. The highest BCUT2D eigenvalue weighted by atomic mass is 35.5.